The molecule has 0 aliphatic rings. The third-order valence-electron chi connectivity index (χ3n) is 3.01. The molecule has 0 radical (unpaired) electrons. The van der Waals surface area contributed by atoms with Gasteiger partial charge in [0.05, 0.1) is 27.9 Å². The van der Waals surface area contributed by atoms with E-state index >= 15 is 0 Å². The molecule has 0 fully saturated rings. The van der Waals surface area contributed by atoms with Crippen LogP contribution in [0.2, 0.25) is 5.02 Å². The minimum Gasteiger partial charge on any atom is -0.399 e. The Hall–Kier alpha value is -2.84. The van der Waals surface area contributed by atoms with E-state index in [-0.39, 0.29) is 0 Å². The highest BCUT2D eigenvalue weighted by Crippen LogP contribution is 2.29. The molecule has 0 unspecified atom stereocenters. The van der Waals surface area contributed by atoms with Gasteiger partial charge < -0.3 is 11.1 Å². The van der Waals surface area contributed by atoms with Gasteiger partial charge in [-0.1, -0.05) is 11.6 Å². The van der Waals surface area contributed by atoms with Gasteiger partial charge in [-0.25, -0.2) is 9.97 Å². The van der Waals surface area contributed by atoms with Crippen LogP contribution in [0.1, 0.15) is 5.56 Å². The number of aromatic nitrogens is 2. The topological polar surface area (TPSA) is 87.6 Å². The molecule has 3 rings (SSSR count). The third kappa shape index (κ3) is 2.57. The Labute approximate surface area is 126 Å². The fourth-order valence-electron chi connectivity index (χ4n) is 1.99. The first kappa shape index (κ1) is 13.2. The van der Waals surface area contributed by atoms with Crippen LogP contribution in [-0.2, 0) is 0 Å². The quantitative estimate of drug-likeness (QED) is 0.707. The maximum absolute atomic E-state index is 8.85. The van der Waals surface area contributed by atoms with Gasteiger partial charge in [0.25, 0.3) is 0 Å². The van der Waals surface area contributed by atoms with E-state index in [1.165, 1.54) is 6.33 Å². The first-order valence-electron chi connectivity index (χ1n) is 6.14. The smallest absolute Gasteiger partial charge is 0.141 e. The number of nitrogens with zero attached hydrogens (tertiary/aromatic N) is 3. The number of hydrogen-bond acceptors (Lipinski definition) is 5. The second-order valence-electron chi connectivity index (χ2n) is 4.43. The summed E-state index contributed by atoms with van der Waals surface area (Å²) in [7, 11) is 0. The zero-order valence-electron chi connectivity index (χ0n) is 10.8. The van der Waals surface area contributed by atoms with Gasteiger partial charge >= 0.3 is 0 Å². The van der Waals surface area contributed by atoms with Gasteiger partial charge in [0.1, 0.15) is 12.1 Å². The van der Waals surface area contributed by atoms with Crippen LogP contribution in [-0.4, -0.2) is 9.97 Å². The maximum atomic E-state index is 8.85. The number of hydrogen-bond donors (Lipinski definition) is 2. The molecule has 21 heavy (non-hydrogen) atoms. The monoisotopic (exact) mass is 295 g/mol. The van der Waals surface area contributed by atoms with Crippen molar-refractivity contribution in [3.63, 3.8) is 0 Å². The van der Waals surface area contributed by atoms with Crippen molar-refractivity contribution < 1.29 is 0 Å². The minimum absolute atomic E-state index is 0.455. The Balaban J connectivity index is 2.04. The molecular formula is C15H10ClN5. The van der Waals surface area contributed by atoms with E-state index < -0.39 is 0 Å². The molecule has 2 aromatic carbocycles. The molecule has 3 N–H and O–H groups in total. The number of rotatable bonds is 2. The van der Waals surface area contributed by atoms with Crippen molar-refractivity contribution in [2.75, 3.05) is 11.1 Å². The van der Waals surface area contributed by atoms with E-state index in [1.54, 1.807) is 30.3 Å². The summed E-state index contributed by atoms with van der Waals surface area (Å²) in [6.45, 7) is 0. The molecule has 0 amide bonds. The molecular weight excluding hydrogens is 286 g/mol. The lowest BCUT2D eigenvalue weighted by Gasteiger charge is -2.10. The summed E-state index contributed by atoms with van der Waals surface area (Å²) >= 11 is 6.16. The molecule has 0 bridgehead atoms. The standard InChI is InChI=1S/C15H10ClN5/c16-12-5-9(7-17)1-4-13(12)21-15-11-3-2-10(18)6-14(11)19-8-20-15/h1-6,8H,18H2,(H,19,20,21). The minimum atomic E-state index is 0.455. The fourth-order valence-corrected chi connectivity index (χ4v) is 2.22. The molecule has 5 nitrogen and oxygen atoms in total. The predicted octanol–water partition coefficient (Wildman–Crippen LogP) is 3.48. The Morgan fingerprint density at radius 2 is 2.00 bits per heavy atom. The summed E-state index contributed by atoms with van der Waals surface area (Å²) in [5.74, 6) is 0.631. The summed E-state index contributed by atoms with van der Waals surface area (Å²) in [5, 5.41) is 13.3. The largest absolute Gasteiger partial charge is 0.399 e. The number of nitrogens with two attached hydrogens (primary N) is 1. The molecule has 1 heterocycles. The lowest BCUT2D eigenvalue weighted by atomic mass is 10.2. The lowest BCUT2D eigenvalue weighted by Crippen LogP contribution is -1.97. The molecule has 0 saturated heterocycles. The normalized spacial score (nSPS) is 10.3. The molecule has 0 saturated carbocycles. The average molecular weight is 296 g/mol. The number of nitrogens with one attached hydrogen (secondary N) is 1. The zero-order valence-corrected chi connectivity index (χ0v) is 11.6. The van der Waals surface area contributed by atoms with E-state index in [1.807, 2.05) is 12.1 Å². The summed E-state index contributed by atoms with van der Waals surface area (Å²) in [5.41, 5.74) is 8.32. The van der Waals surface area contributed by atoms with Crippen LogP contribution in [0.4, 0.5) is 17.2 Å². The van der Waals surface area contributed by atoms with E-state index in [2.05, 4.69) is 15.3 Å². The highest BCUT2D eigenvalue weighted by Gasteiger charge is 2.07. The molecule has 6 heteroatoms. The average Bonchev–Trinajstić information content (AvgIpc) is 2.49. The van der Waals surface area contributed by atoms with Gasteiger partial charge in [-0.05, 0) is 36.4 Å². The van der Waals surface area contributed by atoms with E-state index in [0.29, 0.717) is 27.8 Å². The van der Waals surface area contributed by atoms with Crippen molar-refractivity contribution in [3.05, 3.63) is 53.3 Å². The molecule has 0 aliphatic carbocycles. The number of benzene rings is 2. The van der Waals surface area contributed by atoms with E-state index in [4.69, 9.17) is 22.6 Å². The Kier molecular flexibility index (Phi) is 3.30. The van der Waals surface area contributed by atoms with Crippen molar-refractivity contribution in [1.82, 2.24) is 9.97 Å². The molecule has 3 aromatic rings. The second kappa shape index (κ2) is 5.27. The first-order chi connectivity index (χ1) is 10.2. The van der Waals surface area contributed by atoms with Gasteiger partial charge in [-0.15, -0.1) is 0 Å². The number of nitrogen functional groups attached to an aromatic ring is 1. The van der Waals surface area contributed by atoms with Crippen molar-refractivity contribution in [2.24, 2.45) is 0 Å². The van der Waals surface area contributed by atoms with Crippen molar-refractivity contribution in [1.29, 1.82) is 5.26 Å². The SMILES string of the molecule is N#Cc1ccc(Nc2ncnc3cc(N)ccc23)c(Cl)c1. The van der Waals surface area contributed by atoms with Crippen LogP contribution in [0.15, 0.2) is 42.7 Å². The van der Waals surface area contributed by atoms with Crippen LogP contribution >= 0.6 is 11.6 Å². The highest BCUT2D eigenvalue weighted by molar-refractivity contribution is 6.33. The first-order valence-corrected chi connectivity index (χ1v) is 6.52. The van der Waals surface area contributed by atoms with E-state index in [0.717, 1.165) is 10.9 Å². The molecule has 1 aromatic heterocycles. The zero-order chi connectivity index (χ0) is 14.8. The van der Waals surface area contributed by atoms with Gasteiger partial charge in [-0.2, -0.15) is 5.26 Å². The van der Waals surface area contributed by atoms with Crippen LogP contribution in [0.5, 0.6) is 0 Å². The van der Waals surface area contributed by atoms with Crippen molar-refractivity contribution in [2.45, 2.75) is 0 Å². The summed E-state index contributed by atoms with van der Waals surface area (Å²) in [6, 6.07) is 12.5. The summed E-state index contributed by atoms with van der Waals surface area (Å²) in [6.07, 6.45) is 1.46. The Morgan fingerprint density at radius 3 is 2.76 bits per heavy atom. The molecule has 0 aliphatic heterocycles. The number of fused-ring (bicyclic) bond motifs is 1. The third-order valence-corrected chi connectivity index (χ3v) is 3.32. The lowest BCUT2D eigenvalue weighted by molar-refractivity contribution is 1.22. The van der Waals surface area contributed by atoms with Gasteiger partial charge in [-0.3, -0.25) is 0 Å². The Bertz CT molecular complexity index is 870. The van der Waals surface area contributed by atoms with Crippen molar-refractivity contribution in [3.8, 4) is 6.07 Å². The predicted molar refractivity (Wildman–Crippen MR) is 83.4 cm³/mol. The molecule has 0 spiro atoms. The second-order valence-corrected chi connectivity index (χ2v) is 4.84. The van der Waals surface area contributed by atoms with Crippen LogP contribution < -0.4 is 11.1 Å². The number of nitriles is 1. The van der Waals surface area contributed by atoms with E-state index in [9.17, 15) is 0 Å². The maximum Gasteiger partial charge on any atom is 0.141 e. The molecule has 102 valence electrons. The molecule has 0 atom stereocenters. The van der Waals surface area contributed by atoms with Gasteiger partial charge in [0.2, 0.25) is 0 Å². The number of halogens is 1. The van der Waals surface area contributed by atoms with Gasteiger partial charge in [0, 0.05) is 11.1 Å². The van der Waals surface area contributed by atoms with Crippen LogP contribution in [0.3, 0.4) is 0 Å². The van der Waals surface area contributed by atoms with Crippen LogP contribution in [0.25, 0.3) is 10.9 Å². The highest BCUT2D eigenvalue weighted by atomic mass is 35.5. The van der Waals surface area contributed by atoms with Gasteiger partial charge in [0.15, 0.2) is 0 Å². The summed E-state index contributed by atoms with van der Waals surface area (Å²) in [4.78, 5) is 8.42. The fraction of sp³-hybridized carbons (Fsp3) is 0. The Morgan fingerprint density at radius 1 is 1.14 bits per heavy atom. The van der Waals surface area contributed by atoms with Crippen molar-refractivity contribution >= 4 is 39.7 Å². The summed E-state index contributed by atoms with van der Waals surface area (Å²) < 4.78 is 0. The number of anilines is 3. The van der Waals surface area contributed by atoms with Crippen LogP contribution in [0, 0.1) is 11.3 Å².